The van der Waals surface area contributed by atoms with Crippen LogP contribution >= 0.6 is 0 Å². The molecule has 0 aromatic carbocycles. The normalized spacial score (nSPS) is 26.4. The third-order valence-electron chi connectivity index (χ3n) is 4.51. The molecule has 3 N–H and O–H groups in total. The van der Waals surface area contributed by atoms with E-state index in [0.717, 1.165) is 19.4 Å². The van der Waals surface area contributed by atoms with E-state index in [1.165, 1.54) is 6.07 Å². The Hall–Kier alpha value is -2.42. The van der Waals surface area contributed by atoms with Gasteiger partial charge in [-0.05, 0) is 32.6 Å². The van der Waals surface area contributed by atoms with Crippen molar-refractivity contribution in [2.24, 2.45) is 0 Å². The molecule has 2 fully saturated rings. The van der Waals surface area contributed by atoms with Crippen LogP contribution in [0.1, 0.15) is 31.4 Å². The average molecular weight is 350 g/mol. The van der Waals surface area contributed by atoms with Crippen LogP contribution in [-0.4, -0.2) is 58.3 Å². The number of aromatic amines is 1. The van der Waals surface area contributed by atoms with Gasteiger partial charge in [-0.2, -0.15) is 0 Å². The molecule has 0 aliphatic carbocycles. The number of aromatic nitrogens is 2. The second-order valence-electron chi connectivity index (χ2n) is 6.53. The fourth-order valence-corrected chi connectivity index (χ4v) is 3.31. The Kier molecular flexibility index (Phi) is 5.03. The van der Waals surface area contributed by atoms with E-state index in [4.69, 9.17) is 9.84 Å². The quantitative estimate of drug-likeness (QED) is 0.686. The molecule has 2 aliphatic heterocycles. The molecule has 1 aromatic heterocycles. The Morgan fingerprint density at radius 1 is 1.36 bits per heavy atom. The summed E-state index contributed by atoms with van der Waals surface area (Å²) in [6.07, 6.45) is 0.803. The zero-order chi connectivity index (χ0) is 18.0. The number of nitrogens with zero attached hydrogens (tertiary/aromatic N) is 2. The van der Waals surface area contributed by atoms with Crippen molar-refractivity contribution in [3.05, 3.63) is 22.1 Å². The highest BCUT2D eigenvalue weighted by atomic mass is 16.5. The third kappa shape index (κ3) is 4.16. The summed E-state index contributed by atoms with van der Waals surface area (Å²) >= 11 is 0. The van der Waals surface area contributed by atoms with Crippen molar-refractivity contribution in [2.45, 2.75) is 50.9 Å². The molecule has 0 radical (unpaired) electrons. The number of rotatable bonds is 4. The summed E-state index contributed by atoms with van der Waals surface area (Å²) in [4.78, 5) is 43.9. The van der Waals surface area contributed by atoms with Crippen molar-refractivity contribution >= 4 is 17.8 Å². The van der Waals surface area contributed by atoms with Gasteiger partial charge in [0.15, 0.2) is 6.10 Å². The van der Waals surface area contributed by atoms with Gasteiger partial charge in [0.2, 0.25) is 11.9 Å². The summed E-state index contributed by atoms with van der Waals surface area (Å²) < 4.78 is 5.28. The minimum atomic E-state index is -1.03. The zero-order valence-electron chi connectivity index (χ0n) is 14.0. The fourth-order valence-electron chi connectivity index (χ4n) is 3.31. The van der Waals surface area contributed by atoms with Gasteiger partial charge in [0.25, 0.3) is 5.56 Å². The molecular weight excluding hydrogens is 328 g/mol. The lowest BCUT2D eigenvalue weighted by Crippen LogP contribution is -2.51. The van der Waals surface area contributed by atoms with Gasteiger partial charge >= 0.3 is 5.97 Å². The number of carbonyl (C=O) groups is 2. The maximum absolute atomic E-state index is 12.3. The Bertz CT molecular complexity index is 719. The lowest BCUT2D eigenvalue weighted by Gasteiger charge is -2.34. The van der Waals surface area contributed by atoms with Crippen molar-refractivity contribution in [1.29, 1.82) is 0 Å². The maximum Gasteiger partial charge on any atom is 0.332 e. The van der Waals surface area contributed by atoms with E-state index >= 15 is 0 Å². The number of anilines is 1. The topological polar surface area (TPSA) is 125 Å². The Labute approximate surface area is 144 Å². The lowest BCUT2D eigenvalue weighted by atomic mass is 10.1. The SMILES string of the molecule is Cc1cc(=O)[nH]c(N2CCCC(NC(=O)[C@H]3CC[C@@H](C(=O)O)O3)C2)n1. The van der Waals surface area contributed by atoms with Gasteiger partial charge in [-0.1, -0.05) is 0 Å². The summed E-state index contributed by atoms with van der Waals surface area (Å²) in [6, 6.07) is 1.34. The zero-order valence-corrected chi connectivity index (χ0v) is 14.0. The Balaban J connectivity index is 1.59. The van der Waals surface area contributed by atoms with E-state index in [1.807, 2.05) is 4.90 Å². The molecule has 0 saturated carbocycles. The van der Waals surface area contributed by atoms with Gasteiger partial charge in [-0.15, -0.1) is 0 Å². The Morgan fingerprint density at radius 2 is 2.12 bits per heavy atom. The summed E-state index contributed by atoms with van der Waals surface area (Å²) in [7, 11) is 0. The number of aryl methyl sites for hydroxylation is 1. The van der Waals surface area contributed by atoms with Crippen LogP contribution in [0.4, 0.5) is 5.95 Å². The number of carboxylic acids is 1. The minimum Gasteiger partial charge on any atom is -0.479 e. The predicted octanol–water partition coefficient (Wildman–Crippen LogP) is -0.204. The number of H-pyrrole nitrogens is 1. The van der Waals surface area contributed by atoms with Crippen molar-refractivity contribution in [1.82, 2.24) is 15.3 Å². The number of carboxylic acid groups (broad SMARTS) is 1. The molecule has 9 nitrogen and oxygen atoms in total. The maximum atomic E-state index is 12.3. The van der Waals surface area contributed by atoms with Gasteiger partial charge in [0.05, 0.1) is 0 Å². The van der Waals surface area contributed by atoms with Crippen molar-refractivity contribution in [3.63, 3.8) is 0 Å². The van der Waals surface area contributed by atoms with Gasteiger partial charge < -0.3 is 20.1 Å². The first-order chi connectivity index (χ1) is 11.9. The molecule has 1 amide bonds. The number of amides is 1. The Morgan fingerprint density at radius 3 is 2.80 bits per heavy atom. The molecule has 3 atom stereocenters. The first kappa shape index (κ1) is 17.4. The van der Waals surface area contributed by atoms with Crippen LogP contribution in [0.2, 0.25) is 0 Å². The summed E-state index contributed by atoms with van der Waals surface area (Å²) in [5.41, 5.74) is 0.441. The second kappa shape index (κ2) is 7.22. The number of hydrogen-bond donors (Lipinski definition) is 3. The van der Waals surface area contributed by atoms with Crippen LogP contribution < -0.4 is 15.8 Å². The first-order valence-electron chi connectivity index (χ1n) is 8.44. The third-order valence-corrected chi connectivity index (χ3v) is 4.51. The fraction of sp³-hybridized carbons (Fsp3) is 0.625. The highest BCUT2D eigenvalue weighted by Gasteiger charge is 2.36. The molecule has 1 aromatic rings. The number of hydrogen-bond acceptors (Lipinski definition) is 6. The molecule has 136 valence electrons. The summed E-state index contributed by atoms with van der Waals surface area (Å²) in [6.45, 7) is 3.05. The van der Waals surface area contributed by atoms with Crippen LogP contribution in [0.5, 0.6) is 0 Å². The van der Waals surface area contributed by atoms with E-state index in [-0.39, 0.29) is 17.5 Å². The second-order valence-corrected chi connectivity index (χ2v) is 6.53. The monoisotopic (exact) mass is 350 g/mol. The highest BCUT2D eigenvalue weighted by Crippen LogP contribution is 2.21. The molecule has 2 saturated heterocycles. The molecule has 25 heavy (non-hydrogen) atoms. The van der Waals surface area contributed by atoms with E-state index in [9.17, 15) is 14.4 Å². The van der Waals surface area contributed by atoms with Crippen LogP contribution in [0.3, 0.4) is 0 Å². The standard InChI is InChI=1S/C16H22N4O5/c1-9-7-13(21)19-16(17-9)20-6-2-3-10(8-20)18-14(22)11-4-5-12(25-11)15(23)24/h7,10-12H,2-6,8H2,1H3,(H,18,22)(H,23,24)(H,17,19,21)/t10?,11-,12+/m1/s1. The summed E-state index contributed by atoms with van der Waals surface area (Å²) in [5.74, 6) is -0.804. The molecule has 0 spiro atoms. The molecule has 3 heterocycles. The van der Waals surface area contributed by atoms with E-state index < -0.39 is 18.2 Å². The number of carbonyl (C=O) groups excluding carboxylic acids is 1. The molecule has 0 bridgehead atoms. The van der Waals surface area contributed by atoms with E-state index in [2.05, 4.69) is 15.3 Å². The van der Waals surface area contributed by atoms with Crippen LogP contribution in [0, 0.1) is 6.92 Å². The van der Waals surface area contributed by atoms with Crippen molar-refractivity contribution in [3.8, 4) is 0 Å². The van der Waals surface area contributed by atoms with Gasteiger partial charge in [0, 0.05) is 30.9 Å². The van der Waals surface area contributed by atoms with Gasteiger partial charge in [-0.3, -0.25) is 14.6 Å². The largest absolute Gasteiger partial charge is 0.479 e. The smallest absolute Gasteiger partial charge is 0.332 e. The number of piperidine rings is 1. The van der Waals surface area contributed by atoms with Crippen molar-refractivity contribution in [2.75, 3.05) is 18.0 Å². The van der Waals surface area contributed by atoms with Crippen LogP contribution in [0.25, 0.3) is 0 Å². The summed E-state index contributed by atoms with van der Waals surface area (Å²) in [5, 5.41) is 11.9. The van der Waals surface area contributed by atoms with Crippen LogP contribution in [0.15, 0.2) is 10.9 Å². The molecule has 2 aliphatic rings. The predicted molar refractivity (Wildman–Crippen MR) is 88.5 cm³/mol. The average Bonchev–Trinajstić information content (AvgIpc) is 3.04. The number of ether oxygens (including phenoxy) is 1. The molecule has 9 heteroatoms. The molecule has 3 rings (SSSR count). The van der Waals surface area contributed by atoms with Crippen LogP contribution in [-0.2, 0) is 14.3 Å². The molecular formula is C16H22N4O5. The minimum absolute atomic E-state index is 0.0976. The lowest BCUT2D eigenvalue weighted by molar-refractivity contribution is -0.151. The van der Waals surface area contributed by atoms with E-state index in [1.54, 1.807) is 6.92 Å². The molecule has 1 unspecified atom stereocenters. The highest BCUT2D eigenvalue weighted by molar-refractivity contribution is 5.82. The van der Waals surface area contributed by atoms with Crippen molar-refractivity contribution < 1.29 is 19.4 Å². The first-order valence-corrected chi connectivity index (χ1v) is 8.44. The van der Waals surface area contributed by atoms with Gasteiger partial charge in [0.1, 0.15) is 6.10 Å². The number of aliphatic carboxylic acids is 1. The van der Waals surface area contributed by atoms with Gasteiger partial charge in [-0.25, -0.2) is 9.78 Å². The van der Waals surface area contributed by atoms with E-state index in [0.29, 0.717) is 31.0 Å². The number of nitrogens with one attached hydrogen (secondary N) is 2.